The average molecular weight is 321 g/mol. The molecule has 3 aromatic rings. The van der Waals surface area contributed by atoms with Gasteiger partial charge < -0.3 is 4.74 Å². The minimum Gasteiger partial charge on any atom is -0.472 e. The van der Waals surface area contributed by atoms with Crippen molar-refractivity contribution in [1.82, 2.24) is 9.97 Å². The first kappa shape index (κ1) is 14.2. The van der Waals surface area contributed by atoms with Crippen molar-refractivity contribution in [1.29, 1.82) is 5.26 Å². The third-order valence-corrected chi connectivity index (χ3v) is 5.37. The summed E-state index contributed by atoms with van der Waals surface area (Å²) in [6, 6.07) is 9.57. The number of nitriles is 1. The third-order valence-electron chi connectivity index (χ3n) is 4.18. The fraction of sp³-hybridized carbons (Fsp3) is 0.278. The van der Waals surface area contributed by atoms with Crippen LogP contribution in [-0.4, -0.2) is 9.97 Å². The fourth-order valence-electron chi connectivity index (χ4n) is 3.00. The molecule has 0 unspecified atom stereocenters. The molecule has 1 aliphatic carbocycles. The van der Waals surface area contributed by atoms with Crippen molar-refractivity contribution in [3.8, 4) is 11.9 Å². The molecule has 1 aliphatic rings. The van der Waals surface area contributed by atoms with Crippen LogP contribution in [0.1, 0.15) is 34.4 Å². The summed E-state index contributed by atoms with van der Waals surface area (Å²) in [5.74, 6) is 0.679. The standard InChI is InChI=1S/C18H15N3OS/c19-9-12-5-7-13(8-6-12)10-22-17-16-14-3-1-2-4-15(14)23-18(16)21-11-20-17/h5-8,11H,1-4,10H2. The second-order valence-electron chi connectivity index (χ2n) is 5.67. The zero-order valence-corrected chi connectivity index (χ0v) is 13.4. The molecule has 0 bridgehead atoms. The highest BCUT2D eigenvalue weighted by Gasteiger charge is 2.20. The van der Waals surface area contributed by atoms with Gasteiger partial charge in [0.1, 0.15) is 17.8 Å². The van der Waals surface area contributed by atoms with Crippen LogP contribution < -0.4 is 4.74 Å². The summed E-state index contributed by atoms with van der Waals surface area (Å²) in [7, 11) is 0. The van der Waals surface area contributed by atoms with Gasteiger partial charge in [-0.1, -0.05) is 12.1 Å². The van der Waals surface area contributed by atoms with Gasteiger partial charge in [-0.2, -0.15) is 5.26 Å². The van der Waals surface area contributed by atoms with E-state index in [1.165, 1.54) is 23.3 Å². The molecule has 0 saturated heterocycles. The number of thiophene rings is 1. The van der Waals surface area contributed by atoms with Gasteiger partial charge >= 0.3 is 0 Å². The molecule has 2 heterocycles. The third kappa shape index (κ3) is 2.66. The Labute approximate surface area is 138 Å². The van der Waals surface area contributed by atoms with Gasteiger partial charge in [0.05, 0.1) is 17.0 Å². The first-order chi connectivity index (χ1) is 11.3. The lowest BCUT2D eigenvalue weighted by molar-refractivity contribution is 0.297. The molecule has 0 radical (unpaired) electrons. The topological polar surface area (TPSA) is 58.8 Å². The molecule has 0 saturated carbocycles. The summed E-state index contributed by atoms with van der Waals surface area (Å²) in [5, 5.41) is 9.94. The summed E-state index contributed by atoms with van der Waals surface area (Å²) in [6.07, 6.45) is 6.30. The second-order valence-corrected chi connectivity index (χ2v) is 6.75. The summed E-state index contributed by atoms with van der Waals surface area (Å²) >= 11 is 1.77. The van der Waals surface area contributed by atoms with Crippen LogP contribution in [0.5, 0.6) is 5.88 Å². The van der Waals surface area contributed by atoms with Gasteiger partial charge in [0.2, 0.25) is 5.88 Å². The molecule has 4 rings (SSSR count). The lowest BCUT2D eigenvalue weighted by atomic mass is 9.97. The van der Waals surface area contributed by atoms with Crippen molar-refractivity contribution >= 4 is 21.6 Å². The van der Waals surface area contributed by atoms with Crippen LogP contribution in [-0.2, 0) is 19.4 Å². The van der Waals surface area contributed by atoms with Crippen molar-refractivity contribution < 1.29 is 4.74 Å². The number of rotatable bonds is 3. The van der Waals surface area contributed by atoms with Gasteiger partial charge in [0.15, 0.2) is 0 Å². The summed E-state index contributed by atoms with van der Waals surface area (Å²) < 4.78 is 5.98. The fourth-order valence-corrected chi connectivity index (χ4v) is 4.22. The number of hydrogen-bond donors (Lipinski definition) is 0. The Kier molecular flexibility index (Phi) is 3.68. The Morgan fingerprint density at radius 1 is 1.13 bits per heavy atom. The molecule has 2 aromatic heterocycles. The van der Waals surface area contributed by atoms with E-state index in [0.717, 1.165) is 28.6 Å². The van der Waals surface area contributed by atoms with E-state index >= 15 is 0 Å². The van der Waals surface area contributed by atoms with Crippen LogP contribution in [0.4, 0.5) is 0 Å². The zero-order valence-electron chi connectivity index (χ0n) is 12.6. The monoisotopic (exact) mass is 321 g/mol. The molecule has 4 nitrogen and oxygen atoms in total. The van der Waals surface area contributed by atoms with Crippen LogP contribution in [0.3, 0.4) is 0 Å². The van der Waals surface area contributed by atoms with Gasteiger partial charge in [-0.15, -0.1) is 11.3 Å². The number of aryl methyl sites for hydroxylation is 2. The average Bonchev–Trinajstić information content (AvgIpc) is 2.99. The van der Waals surface area contributed by atoms with Crippen LogP contribution in [0, 0.1) is 11.3 Å². The van der Waals surface area contributed by atoms with Crippen molar-refractivity contribution in [2.45, 2.75) is 32.3 Å². The van der Waals surface area contributed by atoms with Crippen molar-refractivity contribution in [3.63, 3.8) is 0 Å². The normalized spacial score (nSPS) is 13.5. The number of hydrogen-bond acceptors (Lipinski definition) is 5. The smallest absolute Gasteiger partial charge is 0.225 e. The van der Waals surface area contributed by atoms with E-state index in [1.807, 2.05) is 12.1 Å². The Balaban J connectivity index is 1.63. The predicted octanol–water partition coefficient (Wildman–Crippen LogP) is 4.02. The van der Waals surface area contributed by atoms with Gasteiger partial charge in [0.25, 0.3) is 0 Å². The van der Waals surface area contributed by atoms with Gasteiger partial charge in [-0.25, -0.2) is 9.97 Å². The minimum atomic E-state index is 0.447. The molecule has 23 heavy (non-hydrogen) atoms. The summed E-state index contributed by atoms with van der Waals surface area (Å²) in [6.45, 7) is 0.447. The lowest BCUT2D eigenvalue weighted by Crippen LogP contribution is -2.01. The molecule has 0 aliphatic heterocycles. The highest BCUT2D eigenvalue weighted by Crippen LogP contribution is 2.39. The highest BCUT2D eigenvalue weighted by molar-refractivity contribution is 7.18. The summed E-state index contributed by atoms with van der Waals surface area (Å²) in [5.41, 5.74) is 3.07. The van der Waals surface area contributed by atoms with E-state index < -0.39 is 0 Å². The van der Waals surface area contributed by atoms with Gasteiger partial charge in [-0.3, -0.25) is 0 Å². The van der Waals surface area contributed by atoms with E-state index in [2.05, 4.69) is 16.0 Å². The van der Waals surface area contributed by atoms with Gasteiger partial charge in [0, 0.05) is 4.88 Å². The van der Waals surface area contributed by atoms with Crippen LogP contribution in [0.25, 0.3) is 10.2 Å². The van der Waals surface area contributed by atoms with Crippen LogP contribution in [0.2, 0.25) is 0 Å². The van der Waals surface area contributed by atoms with Crippen LogP contribution >= 0.6 is 11.3 Å². The molecule has 114 valence electrons. The molecule has 1 aromatic carbocycles. The van der Waals surface area contributed by atoms with E-state index in [4.69, 9.17) is 10.00 Å². The van der Waals surface area contributed by atoms with E-state index in [-0.39, 0.29) is 0 Å². The largest absolute Gasteiger partial charge is 0.472 e. The maximum atomic E-state index is 8.85. The maximum Gasteiger partial charge on any atom is 0.225 e. The predicted molar refractivity (Wildman–Crippen MR) is 89.5 cm³/mol. The maximum absolute atomic E-state index is 8.85. The molecular formula is C18H15N3OS. The molecule has 0 amide bonds. The van der Waals surface area contributed by atoms with Crippen molar-refractivity contribution in [2.75, 3.05) is 0 Å². The minimum absolute atomic E-state index is 0.447. The number of fused-ring (bicyclic) bond motifs is 3. The SMILES string of the molecule is N#Cc1ccc(COc2ncnc3sc4c(c23)CCCC4)cc1. The highest BCUT2D eigenvalue weighted by atomic mass is 32.1. The zero-order chi connectivity index (χ0) is 15.6. The first-order valence-electron chi connectivity index (χ1n) is 7.72. The van der Waals surface area contributed by atoms with E-state index in [1.54, 1.807) is 29.8 Å². The molecule has 0 atom stereocenters. The Hall–Kier alpha value is -2.45. The van der Waals surface area contributed by atoms with Crippen LogP contribution in [0.15, 0.2) is 30.6 Å². The molecule has 0 spiro atoms. The van der Waals surface area contributed by atoms with Crippen molar-refractivity contribution in [3.05, 3.63) is 52.2 Å². The number of nitrogens with zero attached hydrogens (tertiary/aromatic N) is 3. The summed E-state index contributed by atoms with van der Waals surface area (Å²) in [4.78, 5) is 11.2. The van der Waals surface area contributed by atoms with Gasteiger partial charge in [-0.05, 0) is 48.9 Å². The molecule has 0 N–H and O–H groups in total. The molecule has 0 fully saturated rings. The number of benzene rings is 1. The Morgan fingerprint density at radius 3 is 2.78 bits per heavy atom. The second kappa shape index (κ2) is 5.98. The van der Waals surface area contributed by atoms with Crippen molar-refractivity contribution in [2.24, 2.45) is 0 Å². The first-order valence-corrected chi connectivity index (χ1v) is 8.54. The lowest BCUT2D eigenvalue weighted by Gasteiger charge is -2.12. The van der Waals surface area contributed by atoms with E-state index in [9.17, 15) is 0 Å². The Bertz CT molecular complexity index is 893. The number of ether oxygens (including phenoxy) is 1. The number of aromatic nitrogens is 2. The molecular weight excluding hydrogens is 306 g/mol. The Morgan fingerprint density at radius 2 is 1.96 bits per heavy atom. The quantitative estimate of drug-likeness (QED) is 0.731. The van der Waals surface area contributed by atoms with E-state index in [0.29, 0.717) is 18.1 Å². The molecule has 5 heteroatoms.